The van der Waals surface area contributed by atoms with Crippen LogP contribution in [0.1, 0.15) is 0 Å². The Bertz CT molecular complexity index is 1830. The number of thiophene rings is 1. The molecule has 0 aliphatic carbocycles. The summed E-state index contributed by atoms with van der Waals surface area (Å²) in [5.74, 6) is 0. The molecule has 156 valence electrons. The first kappa shape index (κ1) is 19.1. The first-order valence-corrected chi connectivity index (χ1v) is 12.6. The summed E-state index contributed by atoms with van der Waals surface area (Å²) in [4.78, 5) is 0. The first-order valence-electron chi connectivity index (χ1n) is 11.0. The van der Waals surface area contributed by atoms with Crippen LogP contribution in [0.15, 0.2) is 114 Å². The van der Waals surface area contributed by atoms with Gasteiger partial charge in [-0.2, -0.15) is 0 Å². The molecule has 0 fully saturated rings. The zero-order chi connectivity index (χ0) is 21.9. The van der Waals surface area contributed by atoms with Gasteiger partial charge in [-0.15, -0.1) is 11.3 Å². The van der Waals surface area contributed by atoms with Crippen molar-refractivity contribution >= 4 is 69.2 Å². The van der Waals surface area contributed by atoms with E-state index in [9.17, 15) is 0 Å². The molecule has 0 saturated carbocycles. The average Bonchev–Trinajstić information content (AvgIpc) is 3.38. The summed E-state index contributed by atoms with van der Waals surface area (Å²) in [7, 11) is 0. The molecule has 0 bridgehead atoms. The minimum Gasteiger partial charge on any atom is -0.309 e. The van der Waals surface area contributed by atoms with Gasteiger partial charge in [-0.3, -0.25) is 0 Å². The van der Waals surface area contributed by atoms with Crippen LogP contribution in [-0.4, -0.2) is 4.57 Å². The van der Waals surface area contributed by atoms with Gasteiger partial charge in [0.1, 0.15) is 0 Å². The Labute approximate surface area is 203 Å². The summed E-state index contributed by atoms with van der Waals surface area (Å²) < 4.78 is 6.13. The fraction of sp³-hybridized carbons (Fsp3) is 0. The largest absolute Gasteiger partial charge is 0.309 e. The molecule has 7 aromatic rings. The molecule has 0 radical (unpaired) electrons. The highest BCUT2D eigenvalue weighted by molar-refractivity contribution is 9.10. The predicted octanol–water partition coefficient (Wildman–Crippen LogP) is 9.58. The lowest BCUT2D eigenvalue weighted by molar-refractivity contribution is 1.18. The standard InChI is InChI=1S/C30H18BrNS/c31-21-12-14-25-24-13-10-20(17-29(24)33-30(25)18-21)19-11-15-28-26(16-19)23-8-4-5-9-27(23)32(28)22-6-2-1-3-7-22/h1-18H. The number of para-hydroxylation sites is 2. The van der Waals surface area contributed by atoms with Crippen LogP contribution in [0.2, 0.25) is 0 Å². The third kappa shape index (κ3) is 2.97. The molecular formula is C30H18BrNS. The van der Waals surface area contributed by atoms with Gasteiger partial charge >= 0.3 is 0 Å². The second kappa shape index (κ2) is 7.31. The van der Waals surface area contributed by atoms with Gasteiger partial charge in [-0.25, -0.2) is 0 Å². The van der Waals surface area contributed by atoms with Crippen LogP contribution in [0.25, 0.3) is 58.8 Å². The lowest BCUT2D eigenvalue weighted by Gasteiger charge is -2.08. The Hall–Kier alpha value is -3.40. The van der Waals surface area contributed by atoms with Crippen molar-refractivity contribution in [2.24, 2.45) is 0 Å². The molecule has 0 N–H and O–H groups in total. The lowest BCUT2D eigenvalue weighted by Crippen LogP contribution is -1.92. The van der Waals surface area contributed by atoms with Crippen LogP contribution in [0, 0.1) is 0 Å². The monoisotopic (exact) mass is 503 g/mol. The smallest absolute Gasteiger partial charge is 0.0541 e. The summed E-state index contributed by atoms with van der Waals surface area (Å²) in [5, 5.41) is 5.22. The Morgan fingerprint density at radius 3 is 2.06 bits per heavy atom. The maximum Gasteiger partial charge on any atom is 0.0541 e. The van der Waals surface area contributed by atoms with E-state index in [-0.39, 0.29) is 0 Å². The second-order valence-electron chi connectivity index (χ2n) is 8.37. The fourth-order valence-corrected chi connectivity index (χ4v) is 6.64. The highest BCUT2D eigenvalue weighted by atomic mass is 79.9. The zero-order valence-electron chi connectivity index (χ0n) is 17.6. The number of hydrogen-bond donors (Lipinski definition) is 0. The number of aromatic nitrogens is 1. The predicted molar refractivity (Wildman–Crippen MR) is 147 cm³/mol. The van der Waals surface area contributed by atoms with Crippen molar-refractivity contribution in [2.75, 3.05) is 0 Å². The van der Waals surface area contributed by atoms with Crippen LogP contribution < -0.4 is 0 Å². The highest BCUT2D eigenvalue weighted by Crippen LogP contribution is 2.39. The van der Waals surface area contributed by atoms with Crippen molar-refractivity contribution in [3.63, 3.8) is 0 Å². The Morgan fingerprint density at radius 1 is 0.515 bits per heavy atom. The van der Waals surface area contributed by atoms with Gasteiger partial charge in [0.25, 0.3) is 0 Å². The Morgan fingerprint density at radius 2 is 1.18 bits per heavy atom. The van der Waals surface area contributed by atoms with Gasteiger partial charge in [-0.05, 0) is 59.7 Å². The van der Waals surface area contributed by atoms with Crippen molar-refractivity contribution in [1.82, 2.24) is 4.57 Å². The molecule has 0 amide bonds. The third-order valence-electron chi connectivity index (χ3n) is 6.46. The number of halogens is 1. The fourth-order valence-electron chi connectivity index (χ4n) is 4.94. The SMILES string of the molecule is Brc1ccc2c(c1)sc1cc(-c3ccc4c(c3)c3ccccc3n4-c3ccccc3)ccc12. The van der Waals surface area contributed by atoms with E-state index >= 15 is 0 Å². The quantitative estimate of drug-likeness (QED) is 0.221. The molecule has 2 heterocycles. The first-order chi connectivity index (χ1) is 16.3. The maximum atomic E-state index is 3.61. The molecule has 7 rings (SSSR count). The number of benzene rings is 5. The molecule has 2 aromatic heterocycles. The third-order valence-corrected chi connectivity index (χ3v) is 8.06. The summed E-state index contributed by atoms with van der Waals surface area (Å²) >= 11 is 5.47. The molecule has 33 heavy (non-hydrogen) atoms. The van der Waals surface area contributed by atoms with Crippen LogP contribution in [-0.2, 0) is 0 Å². The van der Waals surface area contributed by atoms with Crippen molar-refractivity contribution in [1.29, 1.82) is 0 Å². The Kier molecular flexibility index (Phi) is 4.23. The van der Waals surface area contributed by atoms with E-state index < -0.39 is 0 Å². The van der Waals surface area contributed by atoms with Gasteiger partial charge in [0.05, 0.1) is 11.0 Å². The van der Waals surface area contributed by atoms with E-state index in [2.05, 4.69) is 130 Å². The number of hydrogen-bond acceptors (Lipinski definition) is 1. The van der Waals surface area contributed by atoms with Crippen molar-refractivity contribution in [2.45, 2.75) is 0 Å². The summed E-state index contributed by atoms with van der Waals surface area (Å²) in [6, 6.07) is 39.6. The summed E-state index contributed by atoms with van der Waals surface area (Å²) in [6.45, 7) is 0. The van der Waals surface area contributed by atoms with E-state index in [0.717, 1.165) is 4.47 Å². The molecule has 0 aliphatic heterocycles. The molecule has 3 heteroatoms. The summed E-state index contributed by atoms with van der Waals surface area (Å²) in [6.07, 6.45) is 0. The van der Waals surface area contributed by atoms with Crippen LogP contribution >= 0.6 is 27.3 Å². The minimum absolute atomic E-state index is 1.13. The average molecular weight is 504 g/mol. The van der Waals surface area contributed by atoms with Gasteiger partial charge in [0.15, 0.2) is 0 Å². The van der Waals surface area contributed by atoms with Crippen LogP contribution in [0.4, 0.5) is 0 Å². The molecule has 0 saturated heterocycles. The second-order valence-corrected chi connectivity index (χ2v) is 10.4. The number of rotatable bonds is 2. The topological polar surface area (TPSA) is 4.93 Å². The molecule has 0 aliphatic rings. The van der Waals surface area contributed by atoms with E-state index in [1.54, 1.807) is 0 Å². The molecule has 1 nitrogen and oxygen atoms in total. The lowest BCUT2D eigenvalue weighted by atomic mass is 10.0. The minimum atomic E-state index is 1.13. The molecule has 5 aromatic carbocycles. The van der Waals surface area contributed by atoms with E-state index in [0.29, 0.717) is 0 Å². The van der Waals surface area contributed by atoms with E-state index in [1.807, 2.05) is 11.3 Å². The van der Waals surface area contributed by atoms with Crippen molar-refractivity contribution < 1.29 is 0 Å². The summed E-state index contributed by atoms with van der Waals surface area (Å²) in [5.41, 5.74) is 6.17. The van der Waals surface area contributed by atoms with E-state index in [1.165, 1.54) is 58.8 Å². The molecule has 0 unspecified atom stereocenters. The molecule has 0 spiro atoms. The Balaban J connectivity index is 1.45. The number of fused-ring (bicyclic) bond motifs is 6. The zero-order valence-corrected chi connectivity index (χ0v) is 20.0. The number of nitrogens with zero attached hydrogens (tertiary/aromatic N) is 1. The highest BCUT2D eigenvalue weighted by Gasteiger charge is 2.13. The van der Waals surface area contributed by atoms with Gasteiger partial charge in [0, 0.05) is 41.1 Å². The molecular weight excluding hydrogens is 486 g/mol. The van der Waals surface area contributed by atoms with Gasteiger partial charge < -0.3 is 4.57 Å². The van der Waals surface area contributed by atoms with Crippen molar-refractivity contribution in [3.8, 4) is 16.8 Å². The van der Waals surface area contributed by atoms with Crippen LogP contribution in [0.5, 0.6) is 0 Å². The van der Waals surface area contributed by atoms with Gasteiger partial charge in [0.2, 0.25) is 0 Å². The van der Waals surface area contributed by atoms with E-state index in [4.69, 9.17) is 0 Å². The van der Waals surface area contributed by atoms with Crippen LogP contribution in [0.3, 0.4) is 0 Å². The maximum absolute atomic E-state index is 3.61. The normalized spacial score (nSPS) is 11.8. The molecule has 0 atom stereocenters. The van der Waals surface area contributed by atoms with Gasteiger partial charge in [-0.1, -0.05) is 76.6 Å². The van der Waals surface area contributed by atoms with Crippen molar-refractivity contribution in [3.05, 3.63) is 114 Å².